The maximum atomic E-state index is 13.7. The van der Waals surface area contributed by atoms with Gasteiger partial charge in [0.25, 0.3) is 5.91 Å². The first-order valence-corrected chi connectivity index (χ1v) is 8.97. The van der Waals surface area contributed by atoms with E-state index in [0.29, 0.717) is 11.6 Å². The SMILES string of the molecule is CC1=C(c2ccc(NC(=O)c3ccncc3F)cc2)C(c2ncco2)NCC1. The van der Waals surface area contributed by atoms with Gasteiger partial charge in [-0.3, -0.25) is 9.78 Å². The fourth-order valence-electron chi connectivity index (χ4n) is 3.38. The molecule has 0 saturated heterocycles. The fourth-order valence-corrected chi connectivity index (χ4v) is 3.38. The van der Waals surface area contributed by atoms with E-state index < -0.39 is 11.7 Å². The van der Waals surface area contributed by atoms with Crippen molar-refractivity contribution in [2.45, 2.75) is 19.4 Å². The van der Waals surface area contributed by atoms with Crippen LogP contribution in [0, 0.1) is 5.82 Å². The highest BCUT2D eigenvalue weighted by Crippen LogP contribution is 2.36. The number of hydrogen-bond acceptors (Lipinski definition) is 5. The summed E-state index contributed by atoms with van der Waals surface area (Å²) in [7, 11) is 0. The molecule has 6 nitrogen and oxygen atoms in total. The van der Waals surface area contributed by atoms with Crippen molar-refractivity contribution in [1.82, 2.24) is 15.3 Å². The fraction of sp³-hybridized carbons (Fsp3) is 0.190. The number of pyridine rings is 1. The van der Waals surface area contributed by atoms with Crippen molar-refractivity contribution in [2.24, 2.45) is 0 Å². The number of nitrogens with one attached hydrogen (secondary N) is 2. The van der Waals surface area contributed by atoms with Gasteiger partial charge in [-0.05, 0) is 49.2 Å². The van der Waals surface area contributed by atoms with Gasteiger partial charge in [0.15, 0.2) is 5.82 Å². The molecule has 0 aliphatic carbocycles. The van der Waals surface area contributed by atoms with Crippen LogP contribution in [0.15, 0.2) is 65.2 Å². The minimum atomic E-state index is -0.653. The van der Waals surface area contributed by atoms with Crippen LogP contribution in [0.5, 0.6) is 0 Å². The zero-order valence-electron chi connectivity index (χ0n) is 15.3. The average molecular weight is 378 g/mol. The van der Waals surface area contributed by atoms with E-state index in [9.17, 15) is 9.18 Å². The van der Waals surface area contributed by atoms with E-state index in [1.165, 1.54) is 17.8 Å². The van der Waals surface area contributed by atoms with Crippen LogP contribution < -0.4 is 10.6 Å². The van der Waals surface area contributed by atoms with Crippen molar-refractivity contribution in [1.29, 1.82) is 0 Å². The molecular weight excluding hydrogens is 359 g/mol. The van der Waals surface area contributed by atoms with E-state index in [0.717, 1.165) is 30.3 Å². The van der Waals surface area contributed by atoms with Gasteiger partial charge in [0.2, 0.25) is 5.89 Å². The number of carbonyl (C=O) groups is 1. The summed E-state index contributed by atoms with van der Waals surface area (Å²) in [4.78, 5) is 20.2. The number of oxazole rings is 1. The first-order chi connectivity index (χ1) is 13.6. The van der Waals surface area contributed by atoms with Crippen LogP contribution in [-0.2, 0) is 0 Å². The van der Waals surface area contributed by atoms with Crippen LogP contribution in [0.3, 0.4) is 0 Å². The van der Waals surface area contributed by atoms with Gasteiger partial charge < -0.3 is 15.1 Å². The molecule has 1 amide bonds. The Kier molecular flexibility index (Phi) is 4.99. The van der Waals surface area contributed by atoms with Crippen LogP contribution >= 0.6 is 0 Å². The number of carbonyl (C=O) groups excluding carboxylic acids is 1. The summed E-state index contributed by atoms with van der Waals surface area (Å²) >= 11 is 0. The molecule has 1 aliphatic heterocycles. The van der Waals surface area contributed by atoms with Crippen LogP contribution in [-0.4, -0.2) is 22.4 Å². The minimum Gasteiger partial charge on any atom is -0.447 e. The molecule has 3 aromatic rings. The van der Waals surface area contributed by atoms with Crippen LogP contribution in [0.25, 0.3) is 5.57 Å². The lowest BCUT2D eigenvalue weighted by molar-refractivity contribution is 0.102. The largest absolute Gasteiger partial charge is 0.447 e. The predicted molar refractivity (Wildman–Crippen MR) is 103 cm³/mol. The van der Waals surface area contributed by atoms with E-state index in [1.807, 2.05) is 12.1 Å². The molecule has 4 rings (SSSR count). The van der Waals surface area contributed by atoms with Crippen LogP contribution in [0.4, 0.5) is 10.1 Å². The Hall–Kier alpha value is -3.32. The smallest absolute Gasteiger partial charge is 0.258 e. The Morgan fingerprint density at radius 1 is 1.25 bits per heavy atom. The molecule has 2 N–H and O–H groups in total. The quantitative estimate of drug-likeness (QED) is 0.718. The standard InChI is InChI=1S/C21H19FN4O2/c1-13-6-9-24-19(21-25-10-11-28-21)18(13)14-2-4-15(5-3-14)26-20(27)16-7-8-23-12-17(16)22/h2-5,7-8,10-12,19,24H,6,9H2,1H3,(H,26,27). The third-order valence-electron chi connectivity index (χ3n) is 4.77. The molecule has 3 heterocycles. The number of nitrogens with zero attached hydrogens (tertiary/aromatic N) is 2. The van der Waals surface area contributed by atoms with Crippen molar-refractivity contribution in [2.75, 3.05) is 11.9 Å². The number of anilines is 1. The first kappa shape index (κ1) is 18.1. The minimum absolute atomic E-state index is 0.0435. The Labute approximate surface area is 161 Å². The summed E-state index contributed by atoms with van der Waals surface area (Å²) < 4.78 is 19.2. The molecule has 2 aromatic heterocycles. The van der Waals surface area contributed by atoms with E-state index in [-0.39, 0.29) is 11.6 Å². The molecule has 28 heavy (non-hydrogen) atoms. The van der Waals surface area contributed by atoms with E-state index in [4.69, 9.17) is 4.42 Å². The average Bonchev–Trinajstić information content (AvgIpc) is 3.23. The summed E-state index contributed by atoms with van der Waals surface area (Å²) in [5.74, 6) is -0.542. The molecule has 0 saturated carbocycles. The molecule has 142 valence electrons. The summed E-state index contributed by atoms with van der Waals surface area (Å²) in [6.07, 6.45) is 6.54. The lowest BCUT2D eigenvalue weighted by atomic mass is 9.89. The van der Waals surface area contributed by atoms with Gasteiger partial charge in [-0.15, -0.1) is 0 Å². The summed E-state index contributed by atoms with van der Waals surface area (Å²) in [6, 6.07) is 8.69. The van der Waals surface area contributed by atoms with Gasteiger partial charge in [-0.2, -0.15) is 0 Å². The lowest BCUT2D eigenvalue weighted by Gasteiger charge is -2.27. The molecule has 1 unspecified atom stereocenters. The van der Waals surface area contributed by atoms with E-state index in [1.54, 1.807) is 24.6 Å². The second kappa shape index (κ2) is 7.74. The number of halogens is 1. The Balaban J connectivity index is 1.57. The summed E-state index contributed by atoms with van der Waals surface area (Å²) in [5.41, 5.74) is 3.93. The number of amides is 1. The normalized spacial score (nSPS) is 16.9. The van der Waals surface area contributed by atoms with Crippen molar-refractivity contribution >= 4 is 17.2 Å². The molecule has 1 aliphatic rings. The van der Waals surface area contributed by atoms with Gasteiger partial charge in [0.05, 0.1) is 18.0 Å². The van der Waals surface area contributed by atoms with Gasteiger partial charge in [0.1, 0.15) is 12.3 Å². The molecule has 0 fully saturated rings. The number of benzene rings is 1. The van der Waals surface area contributed by atoms with Gasteiger partial charge in [-0.25, -0.2) is 9.37 Å². The third kappa shape index (κ3) is 3.57. The topological polar surface area (TPSA) is 80.1 Å². The number of rotatable bonds is 4. The zero-order chi connectivity index (χ0) is 19.5. The number of hydrogen-bond donors (Lipinski definition) is 2. The second-order valence-electron chi connectivity index (χ2n) is 6.59. The van der Waals surface area contributed by atoms with Crippen molar-refractivity contribution in [3.8, 4) is 0 Å². The van der Waals surface area contributed by atoms with E-state index >= 15 is 0 Å². The monoisotopic (exact) mass is 378 g/mol. The summed E-state index contributed by atoms with van der Waals surface area (Å²) in [6.45, 7) is 2.96. The maximum absolute atomic E-state index is 13.7. The van der Waals surface area contributed by atoms with Crippen molar-refractivity contribution in [3.05, 3.63) is 83.6 Å². The van der Waals surface area contributed by atoms with Crippen LogP contribution in [0.1, 0.15) is 41.2 Å². The molecule has 0 spiro atoms. The van der Waals surface area contributed by atoms with Crippen molar-refractivity contribution in [3.63, 3.8) is 0 Å². The predicted octanol–water partition coefficient (Wildman–Crippen LogP) is 3.97. The van der Waals surface area contributed by atoms with Gasteiger partial charge in [0, 0.05) is 11.9 Å². The Morgan fingerprint density at radius 3 is 2.79 bits per heavy atom. The molecule has 0 bridgehead atoms. The van der Waals surface area contributed by atoms with Gasteiger partial charge in [-0.1, -0.05) is 17.7 Å². The molecule has 1 atom stereocenters. The van der Waals surface area contributed by atoms with Gasteiger partial charge >= 0.3 is 0 Å². The van der Waals surface area contributed by atoms with E-state index in [2.05, 4.69) is 27.5 Å². The highest BCUT2D eigenvalue weighted by molar-refractivity contribution is 6.04. The Bertz CT molecular complexity index is 1010. The molecule has 1 aromatic carbocycles. The molecule has 7 heteroatoms. The maximum Gasteiger partial charge on any atom is 0.258 e. The van der Waals surface area contributed by atoms with Crippen LogP contribution in [0.2, 0.25) is 0 Å². The highest BCUT2D eigenvalue weighted by Gasteiger charge is 2.26. The first-order valence-electron chi connectivity index (χ1n) is 8.97. The Morgan fingerprint density at radius 2 is 2.07 bits per heavy atom. The zero-order valence-corrected chi connectivity index (χ0v) is 15.3. The molecular formula is C21H19FN4O2. The number of aromatic nitrogens is 2. The third-order valence-corrected chi connectivity index (χ3v) is 4.77. The lowest BCUT2D eigenvalue weighted by Crippen LogP contribution is -2.29. The second-order valence-corrected chi connectivity index (χ2v) is 6.59. The van der Waals surface area contributed by atoms with Crippen molar-refractivity contribution < 1.29 is 13.6 Å². The molecule has 0 radical (unpaired) electrons. The summed E-state index contributed by atoms with van der Waals surface area (Å²) in [5, 5.41) is 6.15. The highest BCUT2D eigenvalue weighted by atomic mass is 19.1.